The van der Waals surface area contributed by atoms with E-state index in [9.17, 15) is 0 Å². The molecule has 2 aromatic rings. The minimum atomic E-state index is 0.0369. The summed E-state index contributed by atoms with van der Waals surface area (Å²) < 4.78 is 0. The first-order valence-corrected chi connectivity index (χ1v) is 6.94. The highest BCUT2D eigenvalue weighted by Crippen LogP contribution is 2.36. The molecule has 1 atom stereocenters. The van der Waals surface area contributed by atoms with Crippen molar-refractivity contribution in [2.45, 2.75) is 25.8 Å². The van der Waals surface area contributed by atoms with Gasteiger partial charge in [0.1, 0.15) is 5.82 Å². The number of anilines is 1. The SMILES string of the molecule is Cc1cnc(N)c(C(NN)C2Cc3ccccc3C2)c1. The lowest BCUT2D eigenvalue weighted by molar-refractivity contribution is 0.380. The maximum atomic E-state index is 6.03. The van der Waals surface area contributed by atoms with Gasteiger partial charge in [0.25, 0.3) is 0 Å². The quantitative estimate of drug-likeness (QED) is 0.587. The Balaban J connectivity index is 1.91. The molecule has 0 aliphatic heterocycles. The molecule has 104 valence electrons. The normalized spacial score (nSPS) is 16.1. The number of hydrogen-bond acceptors (Lipinski definition) is 4. The van der Waals surface area contributed by atoms with E-state index in [0.717, 1.165) is 24.0 Å². The van der Waals surface area contributed by atoms with E-state index in [1.54, 1.807) is 6.20 Å². The lowest BCUT2D eigenvalue weighted by Crippen LogP contribution is -2.34. The molecule has 0 spiro atoms. The summed E-state index contributed by atoms with van der Waals surface area (Å²) in [6.07, 6.45) is 3.84. The molecule has 0 fully saturated rings. The maximum absolute atomic E-state index is 6.03. The lowest BCUT2D eigenvalue weighted by atomic mass is 9.91. The summed E-state index contributed by atoms with van der Waals surface area (Å²) >= 11 is 0. The second-order valence-corrected chi connectivity index (χ2v) is 5.57. The van der Waals surface area contributed by atoms with Crippen LogP contribution in [-0.4, -0.2) is 4.98 Å². The minimum Gasteiger partial charge on any atom is -0.383 e. The van der Waals surface area contributed by atoms with Crippen molar-refractivity contribution in [3.63, 3.8) is 0 Å². The predicted molar refractivity (Wildman–Crippen MR) is 80.8 cm³/mol. The number of nitrogens with zero attached hydrogens (tertiary/aromatic N) is 1. The molecule has 1 aliphatic carbocycles. The second kappa shape index (κ2) is 5.23. The van der Waals surface area contributed by atoms with Gasteiger partial charge < -0.3 is 5.73 Å². The number of nitrogens with two attached hydrogens (primary N) is 2. The van der Waals surface area contributed by atoms with Gasteiger partial charge in [0.05, 0.1) is 6.04 Å². The molecule has 0 radical (unpaired) electrons. The van der Waals surface area contributed by atoms with E-state index in [2.05, 4.69) is 40.7 Å². The molecule has 0 saturated heterocycles. The van der Waals surface area contributed by atoms with E-state index in [4.69, 9.17) is 11.6 Å². The van der Waals surface area contributed by atoms with Crippen molar-refractivity contribution in [3.8, 4) is 0 Å². The molecule has 1 unspecified atom stereocenters. The van der Waals surface area contributed by atoms with Gasteiger partial charge >= 0.3 is 0 Å². The molecule has 5 N–H and O–H groups in total. The zero-order valence-electron chi connectivity index (χ0n) is 11.6. The monoisotopic (exact) mass is 268 g/mol. The van der Waals surface area contributed by atoms with Crippen LogP contribution in [0.1, 0.15) is 28.3 Å². The number of nitrogens with one attached hydrogen (secondary N) is 1. The first kappa shape index (κ1) is 13.1. The zero-order chi connectivity index (χ0) is 14.1. The van der Waals surface area contributed by atoms with Crippen molar-refractivity contribution in [3.05, 3.63) is 58.8 Å². The van der Waals surface area contributed by atoms with Crippen LogP contribution >= 0.6 is 0 Å². The van der Waals surface area contributed by atoms with Gasteiger partial charge in [-0.15, -0.1) is 0 Å². The van der Waals surface area contributed by atoms with Crippen LogP contribution in [0, 0.1) is 12.8 Å². The number of fused-ring (bicyclic) bond motifs is 1. The van der Waals surface area contributed by atoms with Crippen LogP contribution in [-0.2, 0) is 12.8 Å². The van der Waals surface area contributed by atoms with Gasteiger partial charge in [-0.2, -0.15) is 0 Å². The molecule has 20 heavy (non-hydrogen) atoms. The number of aryl methyl sites for hydroxylation is 1. The Kier molecular flexibility index (Phi) is 3.42. The van der Waals surface area contributed by atoms with Crippen LogP contribution in [0.2, 0.25) is 0 Å². The maximum Gasteiger partial charge on any atom is 0.128 e. The lowest BCUT2D eigenvalue weighted by Gasteiger charge is -2.24. The standard InChI is InChI=1S/C16H20N4/c1-10-6-14(16(17)19-9-10)15(20-18)13-7-11-4-2-3-5-12(11)8-13/h2-6,9,13,15,20H,7-8,18H2,1H3,(H2,17,19). The topological polar surface area (TPSA) is 77.0 Å². The van der Waals surface area contributed by atoms with E-state index in [1.165, 1.54) is 11.1 Å². The van der Waals surface area contributed by atoms with Gasteiger partial charge in [-0.05, 0) is 48.4 Å². The Morgan fingerprint density at radius 3 is 2.50 bits per heavy atom. The minimum absolute atomic E-state index is 0.0369. The molecule has 0 amide bonds. The van der Waals surface area contributed by atoms with Gasteiger partial charge in [-0.25, -0.2) is 4.98 Å². The number of nitrogen functional groups attached to an aromatic ring is 1. The summed E-state index contributed by atoms with van der Waals surface area (Å²) in [5.41, 5.74) is 13.9. The first-order chi connectivity index (χ1) is 9.69. The van der Waals surface area contributed by atoms with E-state index in [-0.39, 0.29) is 6.04 Å². The van der Waals surface area contributed by atoms with Gasteiger partial charge in [0.15, 0.2) is 0 Å². The van der Waals surface area contributed by atoms with Gasteiger partial charge in [0, 0.05) is 11.8 Å². The molecule has 3 rings (SSSR count). The average Bonchev–Trinajstić information content (AvgIpc) is 2.87. The van der Waals surface area contributed by atoms with E-state index >= 15 is 0 Å². The molecule has 0 saturated carbocycles. The van der Waals surface area contributed by atoms with Gasteiger partial charge in [-0.1, -0.05) is 24.3 Å². The van der Waals surface area contributed by atoms with Crippen molar-refractivity contribution in [2.75, 3.05) is 5.73 Å². The summed E-state index contributed by atoms with van der Waals surface area (Å²) in [5.74, 6) is 6.79. The first-order valence-electron chi connectivity index (χ1n) is 6.94. The number of aromatic nitrogens is 1. The van der Waals surface area contributed by atoms with Crippen molar-refractivity contribution in [1.29, 1.82) is 0 Å². The Labute approximate surface area is 119 Å². The summed E-state index contributed by atoms with van der Waals surface area (Å²) in [7, 11) is 0. The summed E-state index contributed by atoms with van der Waals surface area (Å²) in [6, 6.07) is 10.7. The molecular weight excluding hydrogens is 248 g/mol. The molecular formula is C16H20N4. The van der Waals surface area contributed by atoms with Crippen molar-refractivity contribution >= 4 is 5.82 Å². The zero-order valence-corrected chi connectivity index (χ0v) is 11.6. The second-order valence-electron chi connectivity index (χ2n) is 5.57. The number of benzene rings is 1. The third-order valence-corrected chi connectivity index (χ3v) is 4.15. The van der Waals surface area contributed by atoms with Crippen LogP contribution in [0.3, 0.4) is 0 Å². The van der Waals surface area contributed by atoms with Gasteiger partial charge in [-0.3, -0.25) is 11.3 Å². The molecule has 4 heteroatoms. The fourth-order valence-electron chi connectivity index (χ4n) is 3.16. The van der Waals surface area contributed by atoms with E-state index < -0.39 is 0 Å². The van der Waals surface area contributed by atoms with E-state index in [1.807, 2.05) is 6.92 Å². The molecule has 4 nitrogen and oxygen atoms in total. The summed E-state index contributed by atoms with van der Waals surface area (Å²) in [4.78, 5) is 4.25. The predicted octanol–water partition coefficient (Wildman–Crippen LogP) is 1.89. The molecule has 1 aromatic carbocycles. The van der Waals surface area contributed by atoms with E-state index in [0.29, 0.717) is 11.7 Å². The third-order valence-electron chi connectivity index (χ3n) is 4.15. The fraction of sp³-hybridized carbons (Fsp3) is 0.312. The van der Waals surface area contributed by atoms with Gasteiger partial charge in [0.2, 0.25) is 0 Å². The van der Waals surface area contributed by atoms with Crippen molar-refractivity contribution in [2.24, 2.45) is 11.8 Å². The smallest absolute Gasteiger partial charge is 0.128 e. The summed E-state index contributed by atoms with van der Waals surface area (Å²) in [6.45, 7) is 2.02. The third kappa shape index (κ3) is 2.28. The number of hydrogen-bond donors (Lipinski definition) is 3. The van der Waals surface area contributed by atoms with Crippen LogP contribution in [0.5, 0.6) is 0 Å². The largest absolute Gasteiger partial charge is 0.383 e. The Morgan fingerprint density at radius 2 is 1.90 bits per heavy atom. The highest BCUT2D eigenvalue weighted by atomic mass is 15.2. The average molecular weight is 268 g/mol. The van der Waals surface area contributed by atoms with Crippen molar-refractivity contribution < 1.29 is 0 Å². The Hall–Kier alpha value is -1.91. The van der Waals surface area contributed by atoms with Crippen LogP contribution in [0.25, 0.3) is 0 Å². The van der Waals surface area contributed by atoms with Crippen LogP contribution in [0.15, 0.2) is 36.5 Å². The van der Waals surface area contributed by atoms with Crippen molar-refractivity contribution in [1.82, 2.24) is 10.4 Å². The highest BCUT2D eigenvalue weighted by Gasteiger charge is 2.30. The molecule has 0 bridgehead atoms. The van der Waals surface area contributed by atoms with Crippen LogP contribution in [0.4, 0.5) is 5.82 Å². The molecule has 1 aromatic heterocycles. The molecule has 1 aliphatic rings. The number of pyridine rings is 1. The number of rotatable bonds is 3. The van der Waals surface area contributed by atoms with Crippen LogP contribution < -0.4 is 17.0 Å². The Morgan fingerprint density at radius 1 is 1.25 bits per heavy atom. The number of hydrazine groups is 1. The Bertz CT molecular complexity index is 599. The fourth-order valence-corrected chi connectivity index (χ4v) is 3.16. The highest BCUT2D eigenvalue weighted by molar-refractivity contribution is 5.44. The molecule has 1 heterocycles. The summed E-state index contributed by atoms with van der Waals surface area (Å²) in [5, 5.41) is 0.